The van der Waals surface area contributed by atoms with Crippen LogP contribution < -0.4 is 0 Å². The lowest BCUT2D eigenvalue weighted by molar-refractivity contribution is 0.477. The molecule has 31 heavy (non-hydrogen) atoms. The standard InChI is InChI=1S/C16H12N2O10S3/c19-14-6-1-9-7-10(29(20,21)22)2-4-12(9)16(14)18-17-13-5-3-11(30(23,24)25)8-15(13)31(26,27)28/h1-8,19H,(H,20,21,22)(H,23,24,25)(H,26,27,28). The van der Waals surface area contributed by atoms with Crippen LogP contribution in [0.5, 0.6) is 5.75 Å². The van der Waals surface area contributed by atoms with Crippen LogP contribution in [0.2, 0.25) is 0 Å². The Hall–Kier alpha value is -2.95. The van der Waals surface area contributed by atoms with Crippen LogP contribution in [-0.2, 0) is 30.4 Å². The molecular weight excluding hydrogens is 476 g/mol. The molecule has 0 aliphatic carbocycles. The van der Waals surface area contributed by atoms with Crippen molar-refractivity contribution in [3.8, 4) is 5.75 Å². The molecule has 0 spiro atoms. The normalized spacial score (nSPS) is 13.1. The second-order valence-corrected chi connectivity index (χ2v) is 10.3. The quantitative estimate of drug-likeness (QED) is 0.305. The van der Waals surface area contributed by atoms with Gasteiger partial charge in [-0.2, -0.15) is 25.3 Å². The molecule has 0 atom stereocenters. The van der Waals surface area contributed by atoms with Gasteiger partial charge >= 0.3 is 0 Å². The maximum absolute atomic E-state index is 11.6. The van der Waals surface area contributed by atoms with E-state index in [0.29, 0.717) is 6.07 Å². The molecular formula is C16H12N2O10S3. The van der Waals surface area contributed by atoms with E-state index >= 15 is 0 Å². The van der Waals surface area contributed by atoms with E-state index in [2.05, 4.69) is 10.2 Å². The Labute approximate surface area is 175 Å². The molecule has 12 nitrogen and oxygen atoms in total. The highest BCUT2D eigenvalue weighted by Crippen LogP contribution is 2.38. The lowest BCUT2D eigenvalue weighted by Gasteiger charge is -2.07. The number of nitrogens with zero attached hydrogens (tertiary/aromatic N) is 2. The van der Waals surface area contributed by atoms with Crippen molar-refractivity contribution in [1.29, 1.82) is 0 Å². The summed E-state index contributed by atoms with van der Waals surface area (Å²) < 4.78 is 95.8. The van der Waals surface area contributed by atoms with Crippen molar-refractivity contribution in [2.45, 2.75) is 14.7 Å². The molecule has 0 fully saturated rings. The molecule has 0 aliphatic heterocycles. The Morgan fingerprint density at radius 2 is 1.23 bits per heavy atom. The Balaban J connectivity index is 2.19. The summed E-state index contributed by atoms with van der Waals surface area (Å²) in [4.78, 5) is -2.20. The minimum Gasteiger partial charge on any atom is -0.506 e. The van der Waals surface area contributed by atoms with Gasteiger partial charge in [0.05, 0.1) is 9.79 Å². The summed E-state index contributed by atoms with van der Waals surface area (Å²) in [6, 6.07) is 8.00. The molecule has 0 unspecified atom stereocenters. The van der Waals surface area contributed by atoms with Crippen LogP contribution in [0, 0.1) is 0 Å². The summed E-state index contributed by atoms with van der Waals surface area (Å²) in [6.45, 7) is 0. The summed E-state index contributed by atoms with van der Waals surface area (Å²) in [6.07, 6.45) is 0. The van der Waals surface area contributed by atoms with E-state index < -0.39 is 56.5 Å². The molecule has 0 aromatic heterocycles. The van der Waals surface area contributed by atoms with Crippen molar-refractivity contribution in [2.75, 3.05) is 0 Å². The van der Waals surface area contributed by atoms with E-state index in [4.69, 9.17) is 9.11 Å². The molecule has 0 saturated heterocycles. The first kappa shape index (κ1) is 22.7. The number of fused-ring (bicyclic) bond motifs is 1. The minimum absolute atomic E-state index is 0.180. The average Bonchev–Trinajstić information content (AvgIpc) is 2.64. The van der Waals surface area contributed by atoms with Gasteiger partial charge in [-0.05, 0) is 41.8 Å². The molecule has 3 aromatic rings. The number of aromatic hydroxyl groups is 1. The van der Waals surface area contributed by atoms with Gasteiger partial charge in [0.1, 0.15) is 22.0 Å². The zero-order chi connectivity index (χ0) is 23.2. The van der Waals surface area contributed by atoms with Crippen molar-refractivity contribution in [3.05, 3.63) is 48.5 Å². The van der Waals surface area contributed by atoms with Gasteiger partial charge in [0.15, 0.2) is 0 Å². The van der Waals surface area contributed by atoms with Crippen molar-refractivity contribution in [3.63, 3.8) is 0 Å². The number of azo groups is 1. The molecule has 164 valence electrons. The van der Waals surface area contributed by atoms with Gasteiger partial charge in [0, 0.05) is 5.39 Å². The number of hydrogen-bond donors (Lipinski definition) is 4. The number of phenolic OH excluding ortho intramolecular Hbond substituents is 1. The number of benzene rings is 3. The van der Waals surface area contributed by atoms with Gasteiger partial charge in [-0.15, -0.1) is 10.2 Å². The summed E-state index contributed by atoms with van der Waals surface area (Å²) in [7, 11) is -14.3. The molecule has 0 heterocycles. The smallest absolute Gasteiger partial charge is 0.296 e. The number of rotatable bonds is 5. The van der Waals surface area contributed by atoms with Gasteiger partial charge in [-0.3, -0.25) is 13.7 Å². The van der Waals surface area contributed by atoms with Gasteiger partial charge in [-0.25, -0.2) is 0 Å². The first-order valence-corrected chi connectivity index (χ1v) is 12.2. The third-order valence-corrected chi connectivity index (χ3v) is 6.59. The van der Waals surface area contributed by atoms with E-state index in [1.807, 2.05) is 0 Å². The maximum atomic E-state index is 11.6. The molecule has 3 rings (SSSR count). The highest BCUT2D eigenvalue weighted by molar-refractivity contribution is 7.86. The fourth-order valence-corrected chi connectivity index (χ4v) is 4.34. The van der Waals surface area contributed by atoms with E-state index in [0.717, 1.165) is 30.3 Å². The third-order valence-electron chi connectivity index (χ3n) is 4.00. The molecule has 0 saturated carbocycles. The van der Waals surface area contributed by atoms with Crippen LogP contribution in [0.1, 0.15) is 0 Å². The Morgan fingerprint density at radius 3 is 1.81 bits per heavy atom. The summed E-state index contributed by atoms with van der Waals surface area (Å²) in [5, 5.41) is 17.9. The average molecular weight is 488 g/mol. The second-order valence-electron chi connectivity index (χ2n) is 6.07. The lowest BCUT2D eigenvalue weighted by atomic mass is 10.1. The predicted molar refractivity (Wildman–Crippen MR) is 106 cm³/mol. The largest absolute Gasteiger partial charge is 0.506 e. The first-order chi connectivity index (χ1) is 14.2. The molecule has 3 aromatic carbocycles. The Kier molecular flexibility index (Phi) is 5.59. The van der Waals surface area contributed by atoms with Crippen LogP contribution in [0.15, 0.2) is 73.4 Å². The highest BCUT2D eigenvalue weighted by atomic mass is 32.2. The second kappa shape index (κ2) is 7.63. The van der Waals surface area contributed by atoms with Crippen molar-refractivity contribution in [1.82, 2.24) is 0 Å². The summed E-state index contributed by atoms with van der Waals surface area (Å²) in [5.74, 6) is -0.418. The van der Waals surface area contributed by atoms with Crippen LogP contribution in [0.4, 0.5) is 11.4 Å². The van der Waals surface area contributed by atoms with Crippen LogP contribution in [-0.4, -0.2) is 44.0 Å². The van der Waals surface area contributed by atoms with Crippen LogP contribution in [0.25, 0.3) is 10.8 Å². The fraction of sp³-hybridized carbons (Fsp3) is 0. The van der Waals surface area contributed by atoms with Gasteiger partial charge in [0.2, 0.25) is 0 Å². The molecule has 0 amide bonds. The summed E-state index contributed by atoms with van der Waals surface area (Å²) >= 11 is 0. The molecule has 15 heteroatoms. The maximum Gasteiger partial charge on any atom is 0.296 e. The topological polar surface area (TPSA) is 208 Å². The fourth-order valence-electron chi connectivity index (χ4n) is 2.59. The first-order valence-electron chi connectivity index (χ1n) is 7.92. The third kappa shape index (κ3) is 4.87. The monoisotopic (exact) mass is 488 g/mol. The van der Waals surface area contributed by atoms with Gasteiger partial charge in [-0.1, -0.05) is 12.1 Å². The van der Waals surface area contributed by atoms with Gasteiger partial charge in [0.25, 0.3) is 30.4 Å². The number of phenols is 1. The molecule has 0 radical (unpaired) electrons. The lowest BCUT2D eigenvalue weighted by Crippen LogP contribution is -2.03. The van der Waals surface area contributed by atoms with E-state index in [-0.39, 0.29) is 16.5 Å². The van der Waals surface area contributed by atoms with Gasteiger partial charge < -0.3 is 5.11 Å². The minimum atomic E-state index is -4.98. The van der Waals surface area contributed by atoms with Crippen molar-refractivity contribution >= 4 is 52.5 Å². The Morgan fingerprint density at radius 1 is 0.645 bits per heavy atom. The van der Waals surface area contributed by atoms with Crippen molar-refractivity contribution < 1.29 is 44.0 Å². The van der Waals surface area contributed by atoms with E-state index in [9.17, 15) is 34.9 Å². The highest BCUT2D eigenvalue weighted by Gasteiger charge is 2.21. The van der Waals surface area contributed by atoms with Crippen LogP contribution in [0.3, 0.4) is 0 Å². The predicted octanol–water partition coefficient (Wildman–Crippen LogP) is 2.70. The van der Waals surface area contributed by atoms with Crippen molar-refractivity contribution in [2.24, 2.45) is 10.2 Å². The van der Waals surface area contributed by atoms with Crippen LogP contribution >= 0.6 is 0 Å². The Bertz CT molecular complexity index is 1560. The zero-order valence-electron chi connectivity index (χ0n) is 15.0. The van der Waals surface area contributed by atoms with E-state index in [1.54, 1.807) is 0 Å². The molecule has 4 N–H and O–H groups in total. The zero-order valence-corrected chi connectivity index (χ0v) is 17.4. The SMILES string of the molecule is O=S(=O)(O)c1ccc(N=Nc2c(O)ccc3cc(S(=O)(=O)O)ccc23)c(S(=O)(=O)O)c1. The molecule has 0 aliphatic rings. The summed E-state index contributed by atoms with van der Waals surface area (Å²) in [5.41, 5.74) is -0.722. The molecule has 0 bridgehead atoms. The number of hydrogen-bond acceptors (Lipinski definition) is 9. The van der Waals surface area contributed by atoms with E-state index in [1.165, 1.54) is 12.1 Å².